The van der Waals surface area contributed by atoms with Gasteiger partial charge in [-0.2, -0.15) is 0 Å². The molecular weight excluding hydrogens is 448 g/mol. The second-order valence-electron chi connectivity index (χ2n) is 9.70. The van der Waals surface area contributed by atoms with E-state index in [1.165, 1.54) is 4.90 Å². The molecule has 0 saturated carbocycles. The van der Waals surface area contributed by atoms with E-state index in [1.807, 2.05) is 38.1 Å². The van der Waals surface area contributed by atoms with Crippen LogP contribution in [-0.2, 0) is 14.3 Å². The smallest absolute Gasteiger partial charge is 0.407 e. The monoisotopic (exact) mass is 480 g/mol. The molecule has 1 aliphatic heterocycles. The average Bonchev–Trinajstić information content (AvgIpc) is 3.38. The SMILES string of the molecule is CC(C)C(CNC(=O)OCC1c2ccccc2-c2ccccc21)CC(=O)N1C[C@@H](O)C[C@H]1C(=O)O. The second kappa shape index (κ2) is 10.5. The number of aliphatic carboxylic acids is 1. The van der Waals surface area contributed by atoms with Crippen molar-refractivity contribution in [2.75, 3.05) is 19.7 Å². The van der Waals surface area contributed by atoms with Crippen LogP contribution in [0.3, 0.4) is 0 Å². The van der Waals surface area contributed by atoms with Crippen molar-refractivity contribution in [3.05, 3.63) is 59.7 Å². The molecule has 1 aliphatic carbocycles. The van der Waals surface area contributed by atoms with Crippen LogP contribution < -0.4 is 5.32 Å². The van der Waals surface area contributed by atoms with Crippen LogP contribution in [0, 0.1) is 11.8 Å². The fourth-order valence-corrected chi connectivity index (χ4v) is 5.07. The van der Waals surface area contributed by atoms with Crippen LogP contribution in [0.2, 0.25) is 0 Å². The van der Waals surface area contributed by atoms with Crippen molar-refractivity contribution in [2.24, 2.45) is 11.8 Å². The molecule has 3 atom stereocenters. The van der Waals surface area contributed by atoms with Crippen molar-refractivity contribution in [3.8, 4) is 11.1 Å². The number of carboxylic acid groups (broad SMARTS) is 1. The standard InChI is InChI=1S/C27H32N2O6/c1-16(2)17(11-25(31)29-14-18(30)12-24(29)26(32)33)13-28-27(34)35-15-23-21-9-5-3-7-19(21)20-8-4-6-10-22(20)23/h3-10,16-18,23-24,30H,11-15H2,1-2H3,(H,28,34)(H,32,33)/t17?,18-,24-/m0/s1. The fourth-order valence-electron chi connectivity index (χ4n) is 5.07. The third-order valence-electron chi connectivity index (χ3n) is 7.12. The summed E-state index contributed by atoms with van der Waals surface area (Å²) in [6.07, 6.45) is -1.27. The summed E-state index contributed by atoms with van der Waals surface area (Å²) in [5, 5.41) is 22.0. The number of rotatable bonds is 8. The van der Waals surface area contributed by atoms with E-state index in [0.717, 1.165) is 22.3 Å². The minimum atomic E-state index is -1.12. The van der Waals surface area contributed by atoms with Gasteiger partial charge in [0.05, 0.1) is 6.10 Å². The topological polar surface area (TPSA) is 116 Å². The summed E-state index contributed by atoms with van der Waals surface area (Å²) < 4.78 is 5.58. The highest BCUT2D eigenvalue weighted by atomic mass is 16.5. The quantitative estimate of drug-likeness (QED) is 0.534. The summed E-state index contributed by atoms with van der Waals surface area (Å²) in [4.78, 5) is 38.0. The van der Waals surface area contributed by atoms with E-state index in [2.05, 4.69) is 29.6 Å². The van der Waals surface area contributed by atoms with Gasteiger partial charge in [-0.15, -0.1) is 0 Å². The maximum atomic E-state index is 12.8. The lowest BCUT2D eigenvalue weighted by Crippen LogP contribution is -2.43. The largest absolute Gasteiger partial charge is 0.480 e. The first kappa shape index (κ1) is 24.7. The number of nitrogens with one attached hydrogen (secondary N) is 1. The number of hydrogen-bond acceptors (Lipinski definition) is 5. The van der Waals surface area contributed by atoms with Gasteiger partial charge in [0, 0.05) is 31.8 Å². The lowest BCUT2D eigenvalue weighted by Gasteiger charge is -2.26. The number of aliphatic hydroxyl groups excluding tert-OH is 1. The molecule has 2 aliphatic rings. The molecule has 0 radical (unpaired) electrons. The number of carbonyl (C=O) groups excluding carboxylic acids is 2. The zero-order valence-corrected chi connectivity index (χ0v) is 20.0. The number of β-amino-alcohol motifs (C(OH)–C–C–N with tert-alkyl or cyclic N) is 1. The van der Waals surface area contributed by atoms with Gasteiger partial charge in [-0.25, -0.2) is 9.59 Å². The number of likely N-dealkylation sites (tertiary alicyclic amines) is 1. The Balaban J connectivity index is 1.33. The van der Waals surface area contributed by atoms with Gasteiger partial charge in [-0.05, 0) is 34.1 Å². The Morgan fingerprint density at radius 1 is 1.06 bits per heavy atom. The predicted molar refractivity (Wildman–Crippen MR) is 130 cm³/mol. The Kier molecular flexibility index (Phi) is 7.40. The first-order chi connectivity index (χ1) is 16.8. The maximum Gasteiger partial charge on any atom is 0.407 e. The molecule has 2 aromatic carbocycles. The normalized spacial score (nSPS) is 19.8. The Morgan fingerprint density at radius 3 is 2.23 bits per heavy atom. The number of fused-ring (bicyclic) bond motifs is 3. The molecule has 1 heterocycles. The highest BCUT2D eigenvalue weighted by molar-refractivity contribution is 5.84. The molecule has 1 saturated heterocycles. The van der Waals surface area contributed by atoms with Crippen molar-refractivity contribution in [2.45, 2.75) is 44.8 Å². The van der Waals surface area contributed by atoms with Crippen molar-refractivity contribution >= 4 is 18.0 Å². The van der Waals surface area contributed by atoms with Crippen LogP contribution in [0.1, 0.15) is 43.7 Å². The minimum absolute atomic E-state index is 0.0143. The molecule has 2 amide bonds. The van der Waals surface area contributed by atoms with Gasteiger partial charge in [-0.1, -0.05) is 62.4 Å². The maximum absolute atomic E-state index is 12.8. The summed E-state index contributed by atoms with van der Waals surface area (Å²) in [7, 11) is 0. The number of amides is 2. The summed E-state index contributed by atoms with van der Waals surface area (Å²) in [6.45, 7) is 4.35. The molecule has 0 bridgehead atoms. The number of carboxylic acids is 1. The Morgan fingerprint density at radius 2 is 1.66 bits per heavy atom. The number of benzene rings is 2. The van der Waals surface area contributed by atoms with Crippen LogP contribution in [0.15, 0.2) is 48.5 Å². The second-order valence-corrected chi connectivity index (χ2v) is 9.70. The third-order valence-corrected chi connectivity index (χ3v) is 7.12. The van der Waals surface area contributed by atoms with Crippen LogP contribution in [0.5, 0.6) is 0 Å². The fraction of sp³-hybridized carbons (Fsp3) is 0.444. The summed E-state index contributed by atoms with van der Waals surface area (Å²) in [5.74, 6) is -1.61. The lowest BCUT2D eigenvalue weighted by molar-refractivity contribution is -0.148. The number of ether oxygens (including phenoxy) is 1. The summed E-state index contributed by atoms with van der Waals surface area (Å²) in [6, 6.07) is 15.2. The van der Waals surface area contributed by atoms with E-state index in [1.54, 1.807) is 0 Å². The Labute approximate surface area is 204 Å². The minimum Gasteiger partial charge on any atom is -0.480 e. The van der Waals surface area contributed by atoms with Gasteiger partial charge in [0.2, 0.25) is 5.91 Å². The van der Waals surface area contributed by atoms with E-state index >= 15 is 0 Å². The van der Waals surface area contributed by atoms with E-state index in [4.69, 9.17) is 4.74 Å². The van der Waals surface area contributed by atoms with E-state index in [-0.39, 0.29) is 56.2 Å². The Bertz CT molecular complexity index is 1060. The van der Waals surface area contributed by atoms with Crippen LogP contribution in [0.25, 0.3) is 11.1 Å². The van der Waals surface area contributed by atoms with Gasteiger partial charge in [-0.3, -0.25) is 4.79 Å². The summed E-state index contributed by atoms with van der Waals surface area (Å²) in [5.41, 5.74) is 4.57. The molecule has 0 spiro atoms. The van der Waals surface area contributed by atoms with Crippen LogP contribution in [-0.4, -0.2) is 64.9 Å². The molecule has 4 rings (SSSR count). The zero-order valence-electron chi connectivity index (χ0n) is 20.0. The van der Waals surface area contributed by atoms with Gasteiger partial charge < -0.3 is 25.2 Å². The predicted octanol–water partition coefficient (Wildman–Crippen LogP) is 3.23. The van der Waals surface area contributed by atoms with E-state index < -0.39 is 24.2 Å². The van der Waals surface area contributed by atoms with Crippen molar-refractivity contribution in [3.63, 3.8) is 0 Å². The van der Waals surface area contributed by atoms with E-state index in [9.17, 15) is 24.6 Å². The molecule has 8 heteroatoms. The zero-order chi connectivity index (χ0) is 25.1. The Hall–Kier alpha value is -3.39. The summed E-state index contributed by atoms with van der Waals surface area (Å²) >= 11 is 0. The first-order valence-corrected chi connectivity index (χ1v) is 12.1. The van der Waals surface area contributed by atoms with Gasteiger partial charge in [0.25, 0.3) is 0 Å². The molecule has 1 fully saturated rings. The first-order valence-electron chi connectivity index (χ1n) is 12.1. The molecule has 3 N–H and O–H groups in total. The number of hydrogen-bond donors (Lipinski definition) is 3. The van der Waals surface area contributed by atoms with Crippen LogP contribution >= 0.6 is 0 Å². The highest BCUT2D eigenvalue weighted by Gasteiger charge is 2.39. The van der Waals surface area contributed by atoms with Gasteiger partial charge in [0.15, 0.2) is 0 Å². The number of carbonyl (C=O) groups is 3. The van der Waals surface area contributed by atoms with Crippen molar-refractivity contribution < 1.29 is 29.3 Å². The highest BCUT2D eigenvalue weighted by Crippen LogP contribution is 2.44. The molecule has 35 heavy (non-hydrogen) atoms. The molecule has 1 unspecified atom stereocenters. The van der Waals surface area contributed by atoms with Crippen molar-refractivity contribution in [1.82, 2.24) is 10.2 Å². The van der Waals surface area contributed by atoms with Gasteiger partial charge in [0.1, 0.15) is 12.6 Å². The molecule has 186 valence electrons. The molecule has 2 aromatic rings. The average molecular weight is 481 g/mol. The number of nitrogens with zero attached hydrogens (tertiary/aromatic N) is 1. The van der Waals surface area contributed by atoms with Crippen LogP contribution in [0.4, 0.5) is 4.79 Å². The van der Waals surface area contributed by atoms with Gasteiger partial charge >= 0.3 is 12.1 Å². The lowest BCUT2D eigenvalue weighted by atomic mass is 9.91. The molecule has 0 aromatic heterocycles. The molecule has 8 nitrogen and oxygen atoms in total. The van der Waals surface area contributed by atoms with E-state index in [0.29, 0.717) is 0 Å². The molecular formula is C27H32N2O6. The number of aliphatic hydroxyl groups is 1. The number of alkyl carbamates (subject to hydrolysis) is 1. The van der Waals surface area contributed by atoms with Crippen molar-refractivity contribution in [1.29, 1.82) is 0 Å². The third kappa shape index (κ3) is 5.32.